The van der Waals surface area contributed by atoms with Crippen LogP contribution < -0.4 is 10.6 Å². The third-order valence-corrected chi connectivity index (χ3v) is 5.92. The van der Waals surface area contributed by atoms with Gasteiger partial charge in [-0.1, -0.05) is 12.1 Å². The van der Waals surface area contributed by atoms with Crippen LogP contribution in [0, 0.1) is 5.92 Å². The summed E-state index contributed by atoms with van der Waals surface area (Å²) in [6, 6.07) is 5.14. The van der Waals surface area contributed by atoms with Crippen LogP contribution in [0.3, 0.4) is 0 Å². The van der Waals surface area contributed by atoms with Crippen LogP contribution in [0.2, 0.25) is 0 Å². The Morgan fingerprint density at radius 1 is 1.24 bits per heavy atom. The molecule has 1 saturated heterocycles. The van der Waals surface area contributed by atoms with Gasteiger partial charge in [-0.25, -0.2) is 17.7 Å². The van der Waals surface area contributed by atoms with Gasteiger partial charge in [0.05, 0.1) is 18.4 Å². The molecule has 0 atom stereocenters. The zero-order valence-corrected chi connectivity index (χ0v) is 19.6. The molecule has 1 aromatic rings. The zero-order chi connectivity index (χ0) is 20.8. The first-order chi connectivity index (χ1) is 13.1. The molecular formula is C18H28F3IN4O2S. The van der Waals surface area contributed by atoms with Crippen LogP contribution in [-0.4, -0.2) is 51.1 Å². The Hall–Kier alpha value is -1.08. The van der Waals surface area contributed by atoms with E-state index in [-0.39, 0.29) is 30.5 Å². The molecular weight excluding hydrogens is 520 g/mol. The maximum Gasteiger partial charge on any atom is 0.416 e. The maximum absolute atomic E-state index is 12.8. The summed E-state index contributed by atoms with van der Waals surface area (Å²) in [5, 5.41) is 6.29. The molecule has 0 saturated carbocycles. The Balaban J connectivity index is 0.00000420. The van der Waals surface area contributed by atoms with Crippen LogP contribution in [0.25, 0.3) is 0 Å². The van der Waals surface area contributed by atoms with Crippen molar-refractivity contribution >= 4 is 40.0 Å². The molecule has 0 amide bonds. The SMILES string of the molecule is CCNC(=NCc1cccc(C(F)(F)F)c1)NCC1CCN(S(C)(=O)=O)CC1.I. The molecule has 11 heteroatoms. The Morgan fingerprint density at radius 2 is 1.90 bits per heavy atom. The molecule has 1 aromatic carbocycles. The minimum absolute atomic E-state index is 0. The highest BCUT2D eigenvalue weighted by Gasteiger charge is 2.30. The molecule has 0 spiro atoms. The maximum atomic E-state index is 12.8. The number of piperidine rings is 1. The van der Waals surface area contributed by atoms with Crippen LogP contribution in [0.1, 0.15) is 30.9 Å². The lowest BCUT2D eigenvalue weighted by Crippen LogP contribution is -2.44. The number of alkyl halides is 3. The summed E-state index contributed by atoms with van der Waals surface area (Å²) >= 11 is 0. The lowest BCUT2D eigenvalue weighted by atomic mass is 9.98. The quantitative estimate of drug-likeness (QED) is 0.326. The molecule has 2 rings (SSSR count). The summed E-state index contributed by atoms with van der Waals surface area (Å²) in [7, 11) is -3.15. The smallest absolute Gasteiger partial charge is 0.357 e. The van der Waals surface area contributed by atoms with E-state index in [1.807, 2.05) is 6.92 Å². The average Bonchev–Trinajstić information content (AvgIpc) is 2.63. The van der Waals surface area contributed by atoms with E-state index >= 15 is 0 Å². The number of sulfonamides is 1. The fourth-order valence-corrected chi connectivity index (χ4v) is 3.92. The fourth-order valence-electron chi connectivity index (χ4n) is 3.04. The summed E-state index contributed by atoms with van der Waals surface area (Å²) in [6.07, 6.45) is -1.64. The summed E-state index contributed by atoms with van der Waals surface area (Å²) in [5.74, 6) is 0.848. The molecule has 2 N–H and O–H groups in total. The third-order valence-electron chi connectivity index (χ3n) is 4.62. The molecule has 1 aliphatic heterocycles. The van der Waals surface area contributed by atoms with Crippen molar-refractivity contribution in [3.05, 3.63) is 35.4 Å². The van der Waals surface area contributed by atoms with Crippen molar-refractivity contribution in [1.29, 1.82) is 0 Å². The van der Waals surface area contributed by atoms with Crippen LogP contribution in [-0.2, 0) is 22.7 Å². The molecule has 1 fully saturated rings. The van der Waals surface area contributed by atoms with Crippen LogP contribution in [0.5, 0.6) is 0 Å². The summed E-state index contributed by atoms with van der Waals surface area (Å²) in [4.78, 5) is 4.37. The van der Waals surface area contributed by atoms with E-state index in [0.717, 1.165) is 25.0 Å². The number of nitrogens with zero attached hydrogens (tertiary/aromatic N) is 2. The van der Waals surface area contributed by atoms with Gasteiger partial charge in [0.1, 0.15) is 0 Å². The molecule has 0 unspecified atom stereocenters. The molecule has 1 aliphatic rings. The Labute approximate surface area is 187 Å². The summed E-state index contributed by atoms with van der Waals surface area (Å²) in [6.45, 7) is 4.30. The van der Waals surface area contributed by atoms with Gasteiger partial charge in [-0.3, -0.25) is 0 Å². The largest absolute Gasteiger partial charge is 0.416 e. The van der Waals surface area contributed by atoms with Crippen LogP contribution in [0.15, 0.2) is 29.3 Å². The van der Waals surface area contributed by atoms with E-state index in [2.05, 4.69) is 15.6 Å². The van der Waals surface area contributed by atoms with Crippen molar-refractivity contribution in [1.82, 2.24) is 14.9 Å². The fraction of sp³-hybridized carbons (Fsp3) is 0.611. The lowest BCUT2D eigenvalue weighted by Gasteiger charge is -2.30. The average molecular weight is 548 g/mol. The second-order valence-corrected chi connectivity index (χ2v) is 8.86. The lowest BCUT2D eigenvalue weighted by molar-refractivity contribution is -0.137. The number of nitrogens with one attached hydrogen (secondary N) is 2. The predicted molar refractivity (Wildman–Crippen MR) is 119 cm³/mol. The van der Waals surface area contributed by atoms with E-state index < -0.39 is 21.8 Å². The number of halogens is 4. The summed E-state index contributed by atoms with van der Waals surface area (Å²) in [5.41, 5.74) is -0.204. The Kier molecular flexibility index (Phi) is 10.2. The van der Waals surface area contributed by atoms with Crippen molar-refractivity contribution in [3.63, 3.8) is 0 Å². The molecule has 0 aromatic heterocycles. The molecule has 1 heterocycles. The van der Waals surface area contributed by atoms with Gasteiger partial charge in [-0.05, 0) is 43.4 Å². The van der Waals surface area contributed by atoms with Gasteiger partial charge < -0.3 is 10.6 Å². The number of hydrogen-bond acceptors (Lipinski definition) is 3. The zero-order valence-electron chi connectivity index (χ0n) is 16.5. The highest BCUT2D eigenvalue weighted by atomic mass is 127. The van der Waals surface area contributed by atoms with Crippen LogP contribution in [0.4, 0.5) is 13.2 Å². The molecule has 0 aliphatic carbocycles. The van der Waals surface area contributed by atoms with E-state index in [1.54, 1.807) is 6.07 Å². The van der Waals surface area contributed by atoms with Crippen molar-refractivity contribution in [2.75, 3.05) is 32.4 Å². The minimum Gasteiger partial charge on any atom is -0.357 e. The van der Waals surface area contributed by atoms with Crippen LogP contribution >= 0.6 is 24.0 Å². The van der Waals surface area contributed by atoms with E-state index in [1.165, 1.54) is 16.6 Å². The van der Waals surface area contributed by atoms with Crippen molar-refractivity contribution in [2.45, 2.75) is 32.5 Å². The number of guanidine groups is 1. The van der Waals surface area contributed by atoms with Crippen molar-refractivity contribution < 1.29 is 21.6 Å². The number of rotatable bonds is 6. The van der Waals surface area contributed by atoms with Gasteiger partial charge in [0.25, 0.3) is 0 Å². The molecule has 6 nitrogen and oxygen atoms in total. The third kappa shape index (κ3) is 8.67. The van der Waals surface area contributed by atoms with Gasteiger partial charge in [-0.2, -0.15) is 13.2 Å². The summed E-state index contributed by atoms with van der Waals surface area (Å²) < 4.78 is 63.0. The van der Waals surface area contributed by atoms with E-state index in [9.17, 15) is 21.6 Å². The van der Waals surface area contributed by atoms with Gasteiger partial charge in [0.15, 0.2) is 5.96 Å². The van der Waals surface area contributed by atoms with E-state index in [4.69, 9.17) is 0 Å². The standard InChI is InChI=1S/C18H27F3N4O2S.HI/c1-3-22-17(23-12-14-7-9-25(10-8-14)28(2,26)27)24-13-15-5-4-6-16(11-15)18(19,20)21;/h4-6,11,14H,3,7-10,12-13H2,1-2H3,(H2,22,23,24);1H. The number of aliphatic imine (C=N–C) groups is 1. The van der Waals surface area contributed by atoms with Gasteiger partial charge in [0, 0.05) is 26.2 Å². The Bertz CT molecular complexity index is 780. The number of benzene rings is 1. The normalized spacial score (nSPS) is 16.9. The molecule has 166 valence electrons. The molecule has 29 heavy (non-hydrogen) atoms. The van der Waals surface area contributed by atoms with Crippen molar-refractivity contribution in [2.24, 2.45) is 10.9 Å². The van der Waals surface area contributed by atoms with Gasteiger partial charge in [-0.15, -0.1) is 24.0 Å². The van der Waals surface area contributed by atoms with Gasteiger partial charge >= 0.3 is 6.18 Å². The topological polar surface area (TPSA) is 73.8 Å². The monoisotopic (exact) mass is 548 g/mol. The first kappa shape index (κ1) is 26.0. The highest BCUT2D eigenvalue weighted by Crippen LogP contribution is 2.29. The second-order valence-electron chi connectivity index (χ2n) is 6.88. The number of hydrogen-bond donors (Lipinski definition) is 2. The minimum atomic E-state index is -4.37. The van der Waals surface area contributed by atoms with Gasteiger partial charge in [0.2, 0.25) is 10.0 Å². The second kappa shape index (κ2) is 11.3. The van der Waals surface area contributed by atoms with E-state index in [0.29, 0.717) is 43.6 Å². The molecule has 0 radical (unpaired) electrons. The first-order valence-electron chi connectivity index (χ1n) is 9.23. The first-order valence-corrected chi connectivity index (χ1v) is 11.1. The highest BCUT2D eigenvalue weighted by molar-refractivity contribution is 14.0. The molecule has 0 bridgehead atoms. The van der Waals surface area contributed by atoms with Crippen molar-refractivity contribution in [3.8, 4) is 0 Å². The Morgan fingerprint density at radius 3 is 2.45 bits per heavy atom. The predicted octanol–water partition coefficient (Wildman–Crippen LogP) is 3.05.